The first-order chi connectivity index (χ1) is 9.63. The Bertz CT molecular complexity index is 568. The average Bonchev–Trinajstić information content (AvgIpc) is 2.46. The molecule has 0 amide bonds. The molecular formula is C16H17ClFNO. The van der Waals surface area contributed by atoms with Crippen LogP contribution in [0.15, 0.2) is 42.5 Å². The van der Waals surface area contributed by atoms with Crippen LogP contribution in [0.3, 0.4) is 0 Å². The van der Waals surface area contributed by atoms with Gasteiger partial charge in [-0.1, -0.05) is 42.8 Å². The first-order valence-electron chi connectivity index (χ1n) is 6.53. The van der Waals surface area contributed by atoms with Crippen LogP contribution in [0.1, 0.15) is 30.5 Å². The predicted octanol–water partition coefficient (Wildman–Crippen LogP) is 4.47. The van der Waals surface area contributed by atoms with Gasteiger partial charge < -0.3 is 10.5 Å². The Labute approximate surface area is 123 Å². The minimum atomic E-state index is -0.366. The SMILES string of the molecule is CCC(N)c1ccccc1OCc1c(F)cccc1Cl. The number of halogens is 2. The number of rotatable bonds is 5. The molecule has 2 N–H and O–H groups in total. The van der Waals surface area contributed by atoms with Crippen molar-refractivity contribution in [1.82, 2.24) is 0 Å². The first kappa shape index (κ1) is 14.8. The summed E-state index contributed by atoms with van der Waals surface area (Å²) in [7, 11) is 0. The maximum atomic E-state index is 13.7. The molecular weight excluding hydrogens is 277 g/mol. The van der Waals surface area contributed by atoms with Gasteiger partial charge in [-0.2, -0.15) is 0 Å². The van der Waals surface area contributed by atoms with Crippen LogP contribution in [-0.4, -0.2) is 0 Å². The van der Waals surface area contributed by atoms with Crippen molar-refractivity contribution in [3.05, 3.63) is 64.4 Å². The van der Waals surface area contributed by atoms with Gasteiger partial charge in [-0.3, -0.25) is 0 Å². The highest BCUT2D eigenvalue weighted by molar-refractivity contribution is 6.31. The quantitative estimate of drug-likeness (QED) is 0.883. The fraction of sp³-hybridized carbons (Fsp3) is 0.250. The fourth-order valence-electron chi connectivity index (χ4n) is 1.96. The Morgan fingerprint density at radius 2 is 1.95 bits per heavy atom. The van der Waals surface area contributed by atoms with Crippen LogP contribution in [-0.2, 0) is 6.61 Å². The van der Waals surface area contributed by atoms with Crippen LogP contribution in [0.25, 0.3) is 0 Å². The van der Waals surface area contributed by atoms with E-state index in [1.807, 2.05) is 31.2 Å². The van der Waals surface area contributed by atoms with Gasteiger partial charge in [0.25, 0.3) is 0 Å². The molecule has 20 heavy (non-hydrogen) atoms. The summed E-state index contributed by atoms with van der Waals surface area (Å²) in [5.41, 5.74) is 7.32. The molecule has 0 saturated carbocycles. The van der Waals surface area contributed by atoms with E-state index in [-0.39, 0.29) is 18.5 Å². The van der Waals surface area contributed by atoms with Crippen LogP contribution in [0.2, 0.25) is 5.02 Å². The van der Waals surface area contributed by atoms with Gasteiger partial charge in [0.05, 0.1) is 5.02 Å². The Morgan fingerprint density at radius 1 is 1.20 bits per heavy atom. The first-order valence-corrected chi connectivity index (χ1v) is 6.91. The van der Waals surface area contributed by atoms with Crippen molar-refractivity contribution in [2.75, 3.05) is 0 Å². The molecule has 2 rings (SSSR count). The van der Waals surface area contributed by atoms with Crippen molar-refractivity contribution in [2.45, 2.75) is 26.0 Å². The molecule has 0 aliphatic carbocycles. The van der Waals surface area contributed by atoms with E-state index in [0.29, 0.717) is 16.3 Å². The van der Waals surface area contributed by atoms with Gasteiger partial charge in [0.1, 0.15) is 18.2 Å². The lowest BCUT2D eigenvalue weighted by Crippen LogP contribution is -2.11. The van der Waals surface area contributed by atoms with E-state index < -0.39 is 0 Å². The summed E-state index contributed by atoms with van der Waals surface area (Å²) in [6, 6.07) is 12.0. The highest BCUT2D eigenvalue weighted by Crippen LogP contribution is 2.27. The van der Waals surface area contributed by atoms with E-state index in [1.54, 1.807) is 12.1 Å². The van der Waals surface area contributed by atoms with Gasteiger partial charge in [0, 0.05) is 17.2 Å². The van der Waals surface area contributed by atoms with E-state index >= 15 is 0 Å². The third-order valence-electron chi connectivity index (χ3n) is 3.19. The minimum Gasteiger partial charge on any atom is -0.488 e. The maximum absolute atomic E-state index is 13.7. The largest absolute Gasteiger partial charge is 0.488 e. The molecule has 106 valence electrons. The van der Waals surface area contributed by atoms with Crippen molar-refractivity contribution in [3.8, 4) is 5.75 Å². The molecule has 0 aliphatic heterocycles. The van der Waals surface area contributed by atoms with Gasteiger partial charge in [0.15, 0.2) is 0 Å². The molecule has 0 bridgehead atoms. The Balaban J connectivity index is 2.19. The molecule has 1 atom stereocenters. The fourth-order valence-corrected chi connectivity index (χ4v) is 2.18. The van der Waals surface area contributed by atoms with Gasteiger partial charge >= 0.3 is 0 Å². The number of nitrogens with two attached hydrogens (primary N) is 1. The summed E-state index contributed by atoms with van der Waals surface area (Å²) >= 11 is 5.98. The zero-order chi connectivity index (χ0) is 14.5. The van der Waals surface area contributed by atoms with Gasteiger partial charge in [-0.25, -0.2) is 4.39 Å². The van der Waals surface area contributed by atoms with Gasteiger partial charge in [0.2, 0.25) is 0 Å². The summed E-state index contributed by atoms with van der Waals surface area (Å²) in [6.45, 7) is 2.09. The molecule has 0 spiro atoms. The Kier molecular flexibility index (Phi) is 4.99. The summed E-state index contributed by atoms with van der Waals surface area (Å²) in [5, 5.41) is 0.363. The lowest BCUT2D eigenvalue weighted by molar-refractivity contribution is 0.295. The van der Waals surface area contributed by atoms with Crippen molar-refractivity contribution < 1.29 is 9.13 Å². The molecule has 2 aromatic rings. The summed E-state index contributed by atoms with van der Waals surface area (Å²) in [4.78, 5) is 0. The molecule has 0 fully saturated rings. The molecule has 2 aromatic carbocycles. The second kappa shape index (κ2) is 6.73. The minimum absolute atomic E-state index is 0.0823. The van der Waals surface area contributed by atoms with E-state index in [4.69, 9.17) is 22.1 Å². The lowest BCUT2D eigenvalue weighted by atomic mass is 10.0. The van der Waals surface area contributed by atoms with Crippen LogP contribution in [0, 0.1) is 5.82 Å². The monoisotopic (exact) mass is 293 g/mol. The van der Waals surface area contributed by atoms with Crippen LogP contribution in [0.5, 0.6) is 5.75 Å². The predicted molar refractivity (Wildman–Crippen MR) is 79.4 cm³/mol. The van der Waals surface area contributed by atoms with Crippen molar-refractivity contribution >= 4 is 11.6 Å². The maximum Gasteiger partial charge on any atom is 0.131 e. The van der Waals surface area contributed by atoms with E-state index in [9.17, 15) is 4.39 Å². The lowest BCUT2D eigenvalue weighted by Gasteiger charge is -2.16. The average molecular weight is 294 g/mol. The van der Waals surface area contributed by atoms with Gasteiger partial charge in [-0.15, -0.1) is 0 Å². The van der Waals surface area contributed by atoms with Crippen LogP contribution >= 0.6 is 11.6 Å². The van der Waals surface area contributed by atoms with Gasteiger partial charge in [-0.05, 0) is 24.6 Å². The van der Waals surface area contributed by atoms with E-state index in [0.717, 1.165) is 12.0 Å². The number of hydrogen-bond acceptors (Lipinski definition) is 2. The van der Waals surface area contributed by atoms with Crippen LogP contribution in [0.4, 0.5) is 4.39 Å². The molecule has 4 heteroatoms. The molecule has 0 aliphatic rings. The zero-order valence-electron chi connectivity index (χ0n) is 11.3. The van der Waals surface area contributed by atoms with E-state index in [2.05, 4.69) is 0 Å². The second-order valence-corrected chi connectivity index (χ2v) is 4.95. The summed E-state index contributed by atoms with van der Waals surface area (Å²) in [6.07, 6.45) is 0.806. The summed E-state index contributed by atoms with van der Waals surface area (Å²) < 4.78 is 19.4. The Hall–Kier alpha value is -1.58. The molecule has 0 saturated heterocycles. The molecule has 1 unspecified atom stereocenters. The van der Waals surface area contributed by atoms with E-state index in [1.165, 1.54) is 6.07 Å². The van der Waals surface area contributed by atoms with Crippen molar-refractivity contribution in [2.24, 2.45) is 5.73 Å². The normalized spacial score (nSPS) is 12.2. The van der Waals surface area contributed by atoms with Crippen LogP contribution < -0.4 is 10.5 Å². The number of hydrogen-bond donors (Lipinski definition) is 1. The van der Waals surface area contributed by atoms with Crippen molar-refractivity contribution in [1.29, 1.82) is 0 Å². The molecule has 0 aromatic heterocycles. The molecule has 2 nitrogen and oxygen atoms in total. The topological polar surface area (TPSA) is 35.2 Å². The number of benzene rings is 2. The third-order valence-corrected chi connectivity index (χ3v) is 3.55. The zero-order valence-corrected chi connectivity index (χ0v) is 12.0. The second-order valence-electron chi connectivity index (χ2n) is 4.54. The molecule has 0 heterocycles. The highest BCUT2D eigenvalue weighted by atomic mass is 35.5. The Morgan fingerprint density at radius 3 is 2.65 bits per heavy atom. The number of ether oxygens (including phenoxy) is 1. The third kappa shape index (κ3) is 3.30. The van der Waals surface area contributed by atoms with Crippen molar-refractivity contribution in [3.63, 3.8) is 0 Å². The standard InChI is InChI=1S/C16H17ClFNO/c1-2-15(19)11-6-3-4-9-16(11)20-10-12-13(17)7-5-8-14(12)18/h3-9,15H,2,10,19H2,1H3. The number of para-hydroxylation sites is 1. The highest BCUT2D eigenvalue weighted by Gasteiger charge is 2.12. The summed E-state index contributed by atoms with van der Waals surface area (Å²) in [5.74, 6) is 0.302. The smallest absolute Gasteiger partial charge is 0.131 e. The molecule has 0 radical (unpaired) electrons.